The normalized spacial score (nSPS) is 17.5. The standard InChI is InChI=1S/C13H27/c1-10(2)8-11(3)12(4)9-13(5,6)7/h10-12H,1,8-9H2,2-7H3. The van der Waals surface area contributed by atoms with Gasteiger partial charge in [0.2, 0.25) is 0 Å². The van der Waals surface area contributed by atoms with Gasteiger partial charge in [0.25, 0.3) is 0 Å². The zero-order valence-electron chi connectivity index (χ0n) is 10.4. The molecule has 0 fully saturated rings. The molecule has 1 radical (unpaired) electrons. The van der Waals surface area contributed by atoms with Gasteiger partial charge in [-0.3, -0.25) is 0 Å². The maximum absolute atomic E-state index is 4.06. The van der Waals surface area contributed by atoms with Gasteiger partial charge in [-0.05, 0) is 36.0 Å². The molecule has 13 heavy (non-hydrogen) atoms. The molecule has 0 bridgehead atoms. The first kappa shape index (κ1) is 13.0. The second kappa shape index (κ2) is 5.02. The maximum atomic E-state index is 4.06. The van der Waals surface area contributed by atoms with Gasteiger partial charge >= 0.3 is 0 Å². The molecule has 0 aromatic heterocycles. The van der Waals surface area contributed by atoms with Crippen LogP contribution in [0.4, 0.5) is 0 Å². The summed E-state index contributed by atoms with van der Waals surface area (Å²) in [6, 6.07) is 0. The van der Waals surface area contributed by atoms with Crippen molar-refractivity contribution < 1.29 is 0 Å². The van der Waals surface area contributed by atoms with Gasteiger partial charge in [0.15, 0.2) is 0 Å². The SMILES string of the molecule is [CH2]C(C)CC(C)C(C)CC(C)(C)C. The Morgan fingerprint density at radius 1 is 1.00 bits per heavy atom. The van der Waals surface area contributed by atoms with Crippen molar-refractivity contribution >= 4 is 0 Å². The summed E-state index contributed by atoms with van der Waals surface area (Å²) in [6.07, 6.45) is 2.58. The fraction of sp³-hybridized carbons (Fsp3) is 0.923. The van der Waals surface area contributed by atoms with E-state index < -0.39 is 0 Å². The molecule has 0 spiro atoms. The molecule has 0 saturated heterocycles. The summed E-state index contributed by atoms with van der Waals surface area (Å²) >= 11 is 0. The van der Waals surface area contributed by atoms with Gasteiger partial charge in [0, 0.05) is 0 Å². The van der Waals surface area contributed by atoms with Crippen LogP contribution in [0.2, 0.25) is 0 Å². The molecule has 3 atom stereocenters. The molecule has 0 saturated carbocycles. The molecule has 3 unspecified atom stereocenters. The molecule has 0 heterocycles. The third-order valence-electron chi connectivity index (χ3n) is 2.68. The molecular formula is C13H27. The van der Waals surface area contributed by atoms with Gasteiger partial charge in [-0.25, -0.2) is 0 Å². The van der Waals surface area contributed by atoms with Gasteiger partial charge in [-0.15, -0.1) is 0 Å². The number of hydrogen-bond acceptors (Lipinski definition) is 0. The summed E-state index contributed by atoms with van der Waals surface area (Å²) in [6.45, 7) is 18.0. The Kier molecular flexibility index (Phi) is 5.02. The van der Waals surface area contributed by atoms with Crippen molar-refractivity contribution in [1.82, 2.24) is 0 Å². The van der Waals surface area contributed by atoms with Crippen LogP contribution in [0.25, 0.3) is 0 Å². The first-order valence-electron chi connectivity index (χ1n) is 5.55. The molecule has 0 aliphatic rings. The minimum atomic E-state index is 0.470. The highest BCUT2D eigenvalue weighted by Crippen LogP contribution is 2.31. The largest absolute Gasteiger partial charge is 0.0625 e. The molecule has 0 N–H and O–H groups in total. The summed E-state index contributed by atoms with van der Waals surface area (Å²) < 4.78 is 0. The molecule has 0 amide bonds. The average molecular weight is 183 g/mol. The van der Waals surface area contributed by atoms with Crippen LogP contribution in [-0.2, 0) is 0 Å². The highest BCUT2D eigenvalue weighted by atomic mass is 14.3. The highest BCUT2D eigenvalue weighted by Gasteiger charge is 2.20. The fourth-order valence-electron chi connectivity index (χ4n) is 2.03. The minimum Gasteiger partial charge on any atom is -0.0625 e. The molecule has 0 aliphatic heterocycles. The monoisotopic (exact) mass is 183 g/mol. The quantitative estimate of drug-likeness (QED) is 0.599. The van der Waals surface area contributed by atoms with Crippen LogP contribution in [0, 0.1) is 30.1 Å². The van der Waals surface area contributed by atoms with Gasteiger partial charge in [0.1, 0.15) is 0 Å². The average Bonchev–Trinajstić information content (AvgIpc) is 1.81. The first-order valence-corrected chi connectivity index (χ1v) is 5.55. The Morgan fingerprint density at radius 2 is 1.46 bits per heavy atom. The molecule has 0 aromatic carbocycles. The Hall–Kier alpha value is 0. The Bertz CT molecular complexity index is 127. The van der Waals surface area contributed by atoms with Gasteiger partial charge < -0.3 is 0 Å². The summed E-state index contributed by atoms with van der Waals surface area (Å²) in [5, 5.41) is 0. The second-order valence-corrected chi connectivity index (χ2v) is 6.06. The van der Waals surface area contributed by atoms with E-state index in [1.165, 1.54) is 12.8 Å². The lowest BCUT2D eigenvalue weighted by atomic mass is 9.78. The van der Waals surface area contributed by atoms with Crippen LogP contribution in [-0.4, -0.2) is 0 Å². The highest BCUT2D eigenvalue weighted by molar-refractivity contribution is 4.72. The van der Waals surface area contributed by atoms with Crippen LogP contribution >= 0.6 is 0 Å². The lowest BCUT2D eigenvalue weighted by Gasteiger charge is -2.28. The second-order valence-electron chi connectivity index (χ2n) is 6.06. The van der Waals surface area contributed by atoms with E-state index in [-0.39, 0.29) is 0 Å². The van der Waals surface area contributed by atoms with Crippen LogP contribution in [0.5, 0.6) is 0 Å². The van der Waals surface area contributed by atoms with Crippen molar-refractivity contribution in [2.24, 2.45) is 23.2 Å². The van der Waals surface area contributed by atoms with E-state index in [1.54, 1.807) is 0 Å². The summed E-state index contributed by atoms with van der Waals surface area (Å²) in [5.41, 5.74) is 0.470. The zero-order valence-corrected chi connectivity index (χ0v) is 10.4. The van der Waals surface area contributed by atoms with Crippen molar-refractivity contribution in [3.8, 4) is 0 Å². The van der Waals surface area contributed by atoms with E-state index >= 15 is 0 Å². The van der Waals surface area contributed by atoms with Crippen molar-refractivity contribution in [3.05, 3.63) is 6.92 Å². The maximum Gasteiger partial charge on any atom is -0.0380 e. The van der Waals surface area contributed by atoms with E-state index in [0.29, 0.717) is 11.3 Å². The van der Waals surface area contributed by atoms with Gasteiger partial charge in [0.05, 0.1) is 0 Å². The van der Waals surface area contributed by atoms with Gasteiger partial charge in [-0.2, -0.15) is 0 Å². The Morgan fingerprint density at radius 3 is 1.77 bits per heavy atom. The molecule has 79 valence electrons. The minimum absolute atomic E-state index is 0.470. The van der Waals surface area contributed by atoms with Crippen LogP contribution in [0.3, 0.4) is 0 Å². The third-order valence-corrected chi connectivity index (χ3v) is 2.68. The molecule has 0 aliphatic carbocycles. The van der Waals surface area contributed by atoms with Crippen LogP contribution in [0.15, 0.2) is 0 Å². The predicted molar refractivity (Wildman–Crippen MR) is 61.5 cm³/mol. The van der Waals surface area contributed by atoms with Crippen molar-refractivity contribution in [1.29, 1.82) is 0 Å². The van der Waals surface area contributed by atoms with Gasteiger partial charge in [-0.1, -0.05) is 48.5 Å². The zero-order chi connectivity index (χ0) is 10.6. The van der Waals surface area contributed by atoms with Crippen molar-refractivity contribution in [3.63, 3.8) is 0 Å². The summed E-state index contributed by atoms with van der Waals surface area (Å²) in [4.78, 5) is 0. The predicted octanol–water partition coefficient (Wildman–Crippen LogP) is 4.56. The topological polar surface area (TPSA) is 0 Å². The van der Waals surface area contributed by atoms with E-state index in [1.807, 2.05) is 0 Å². The van der Waals surface area contributed by atoms with Crippen molar-refractivity contribution in [2.75, 3.05) is 0 Å². The summed E-state index contributed by atoms with van der Waals surface area (Å²) in [5.74, 6) is 2.23. The lowest BCUT2D eigenvalue weighted by molar-refractivity contribution is 0.231. The summed E-state index contributed by atoms with van der Waals surface area (Å²) in [7, 11) is 0. The molecule has 0 rings (SSSR count). The number of hydrogen-bond donors (Lipinski definition) is 0. The molecule has 0 aromatic rings. The van der Waals surface area contributed by atoms with E-state index in [0.717, 1.165) is 11.8 Å². The molecule has 0 nitrogen and oxygen atoms in total. The van der Waals surface area contributed by atoms with E-state index in [4.69, 9.17) is 0 Å². The first-order chi connectivity index (χ1) is 5.72. The lowest BCUT2D eigenvalue weighted by Crippen LogP contribution is -2.18. The molecule has 0 heteroatoms. The van der Waals surface area contributed by atoms with E-state index in [2.05, 4.69) is 48.5 Å². The Labute approximate surface area is 85.1 Å². The Balaban J connectivity index is 3.89. The van der Waals surface area contributed by atoms with Crippen LogP contribution < -0.4 is 0 Å². The van der Waals surface area contributed by atoms with Crippen LogP contribution in [0.1, 0.15) is 54.4 Å². The third kappa shape index (κ3) is 7.10. The molecular weight excluding hydrogens is 156 g/mol. The van der Waals surface area contributed by atoms with Crippen molar-refractivity contribution in [2.45, 2.75) is 54.4 Å². The smallest absolute Gasteiger partial charge is 0.0380 e. The number of rotatable bonds is 4. The van der Waals surface area contributed by atoms with E-state index in [9.17, 15) is 0 Å². The fourth-order valence-corrected chi connectivity index (χ4v) is 2.03.